The Bertz CT molecular complexity index is 277. The van der Waals surface area contributed by atoms with Gasteiger partial charge in [-0.15, -0.1) is 0 Å². The molecule has 4 nitrogen and oxygen atoms in total. The lowest BCUT2D eigenvalue weighted by Crippen LogP contribution is -2.55. The Morgan fingerprint density at radius 3 is 2.58 bits per heavy atom. The first-order valence-corrected chi connectivity index (χ1v) is 7.59. The van der Waals surface area contributed by atoms with Crippen molar-refractivity contribution in [1.82, 2.24) is 5.32 Å². The number of amides is 1. The number of primary amides is 1. The minimum atomic E-state index is -0.620. The normalized spacial score (nSPS) is 19.2. The minimum Gasteiger partial charge on any atom is -0.381 e. The molecule has 0 bridgehead atoms. The van der Waals surface area contributed by atoms with E-state index in [2.05, 4.69) is 5.32 Å². The zero-order chi connectivity index (χ0) is 14.3. The van der Waals surface area contributed by atoms with E-state index in [0.717, 1.165) is 32.0 Å². The van der Waals surface area contributed by atoms with E-state index < -0.39 is 5.54 Å². The molecule has 0 radical (unpaired) electrons. The lowest BCUT2D eigenvalue weighted by molar-refractivity contribution is -0.124. The monoisotopic (exact) mass is 270 g/mol. The molecule has 1 aliphatic rings. The molecule has 0 saturated heterocycles. The highest BCUT2D eigenvalue weighted by Crippen LogP contribution is 2.29. The number of rotatable bonds is 10. The summed E-state index contributed by atoms with van der Waals surface area (Å²) in [5.41, 5.74) is 4.86. The Morgan fingerprint density at radius 1 is 1.42 bits per heavy atom. The topological polar surface area (TPSA) is 64.3 Å². The molecule has 4 heteroatoms. The third-order valence-electron chi connectivity index (χ3n) is 4.01. The third kappa shape index (κ3) is 5.91. The van der Waals surface area contributed by atoms with Crippen molar-refractivity contribution < 1.29 is 9.53 Å². The third-order valence-corrected chi connectivity index (χ3v) is 4.01. The van der Waals surface area contributed by atoms with Crippen molar-refractivity contribution >= 4 is 5.91 Å². The van der Waals surface area contributed by atoms with E-state index in [9.17, 15) is 4.79 Å². The van der Waals surface area contributed by atoms with Gasteiger partial charge in [-0.1, -0.05) is 19.3 Å². The Balaban J connectivity index is 2.11. The van der Waals surface area contributed by atoms with Gasteiger partial charge in [-0.2, -0.15) is 0 Å². The molecule has 0 heterocycles. The van der Waals surface area contributed by atoms with Crippen molar-refractivity contribution in [1.29, 1.82) is 0 Å². The van der Waals surface area contributed by atoms with Gasteiger partial charge in [0.1, 0.15) is 0 Å². The maximum atomic E-state index is 11.5. The van der Waals surface area contributed by atoms with Gasteiger partial charge in [0.25, 0.3) is 0 Å². The second-order valence-corrected chi connectivity index (χ2v) is 6.30. The van der Waals surface area contributed by atoms with Crippen molar-refractivity contribution in [2.45, 2.75) is 70.9 Å². The zero-order valence-corrected chi connectivity index (χ0v) is 12.7. The van der Waals surface area contributed by atoms with Crippen LogP contribution in [0.15, 0.2) is 0 Å². The van der Waals surface area contributed by atoms with Crippen LogP contribution < -0.4 is 11.1 Å². The molecule has 3 N–H and O–H groups in total. The smallest absolute Gasteiger partial charge is 0.237 e. The highest BCUT2D eigenvalue weighted by molar-refractivity contribution is 5.84. The quantitative estimate of drug-likeness (QED) is 0.598. The first-order chi connectivity index (χ1) is 8.94. The molecular weight excluding hydrogens is 240 g/mol. The molecule has 1 unspecified atom stereocenters. The molecule has 0 spiro atoms. The molecule has 1 rings (SSSR count). The second kappa shape index (κ2) is 7.85. The van der Waals surface area contributed by atoms with Crippen LogP contribution >= 0.6 is 0 Å². The van der Waals surface area contributed by atoms with Gasteiger partial charge in [0.15, 0.2) is 0 Å². The molecule has 0 aromatic carbocycles. The molecular formula is C15H30N2O2. The fourth-order valence-electron chi connectivity index (χ4n) is 2.56. The average molecular weight is 270 g/mol. The summed E-state index contributed by atoms with van der Waals surface area (Å²) < 4.78 is 5.64. The molecule has 0 aromatic heterocycles. The summed E-state index contributed by atoms with van der Waals surface area (Å²) in [6.45, 7) is 7.50. The fourth-order valence-corrected chi connectivity index (χ4v) is 2.56. The first-order valence-electron chi connectivity index (χ1n) is 7.59. The Hall–Kier alpha value is -0.610. The van der Waals surface area contributed by atoms with Crippen LogP contribution in [0.5, 0.6) is 0 Å². The molecule has 0 aromatic rings. The molecule has 19 heavy (non-hydrogen) atoms. The van der Waals surface area contributed by atoms with Crippen LogP contribution in [0.1, 0.15) is 59.3 Å². The average Bonchev–Trinajstić information content (AvgIpc) is 2.24. The maximum absolute atomic E-state index is 11.5. The first kappa shape index (κ1) is 16.4. The predicted molar refractivity (Wildman–Crippen MR) is 77.9 cm³/mol. The summed E-state index contributed by atoms with van der Waals surface area (Å²) in [5.74, 6) is 0.620. The highest BCUT2D eigenvalue weighted by Gasteiger charge is 2.30. The summed E-state index contributed by atoms with van der Waals surface area (Å²) >= 11 is 0. The summed E-state index contributed by atoms with van der Waals surface area (Å²) in [6, 6.07) is 0.247. The van der Waals surface area contributed by atoms with Gasteiger partial charge in [0.2, 0.25) is 5.91 Å². The lowest BCUT2D eigenvalue weighted by Gasteiger charge is -2.30. The van der Waals surface area contributed by atoms with Crippen molar-refractivity contribution in [2.24, 2.45) is 11.7 Å². The number of carbonyl (C=O) groups is 1. The Kier molecular flexibility index (Phi) is 6.80. The zero-order valence-electron chi connectivity index (χ0n) is 12.7. The van der Waals surface area contributed by atoms with Gasteiger partial charge in [-0.25, -0.2) is 0 Å². The van der Waals surface area contributed by atoms with Gasteiger partial charge >= 0.3 is 0 Å². The van der Waals surface area contributed by atoms with Crippen molar-refractivity contribution in [3.05, 3.63) is 0 Å². The summed E-state index contributed by atoms with van der Waals surface area (Å²) in [5, 5.41) is 3.25. The van der Waals surface area contributed by atoms with Crippen LogP contribution in [0.25, 0.3) is 0 Å². The standard InChI is InChI=1S/C15H30N2O2/c1-12(2)17-15(3,14(16)18)9-5-10-19-11-8-13-6-4-7-13/h12-13,17H,4-11H2,1-3H3,(H2,16,18). The van der Waals surface area contributed by atoms with Crippen molar-refractivity contribution in [2.75, 3.05) is 13.2 Å². The van der Waals surface area contributed by atoms with E-state index in [1.54, 1.807) is 0 Å². The van der Waals surface area contributed by atoms with Crippen LogP contribution in [-0.4, -0.2) is 30.7 Å². The molecule has 1 amide bonds. The number of carbonyl (C=O) groups excluding carboxylic acids is 1. The number of nitrogens with two attached hydrogens (primary N) is 1. The summed E-state index contributed by atoms with van der Waals surface area (Å²) in [7, 11) is 0. The van der Waals surface area contributed by atoms with Gasteiger partial charge in [0, 0.05) is 19.3 Å². The number of hydrogen-bond acceptors (Lipinski definition) is 3. The molecule has 1 fully saturated rings. The van der Waals surface area contributed by atoms with Crippen LogP contribution in [-0.2, 0) is 9.53 Å². The highest BCUT2D eigenvalue weighted by atomic mass is 16.5. The Morgan fingerprint density at radius 2 is 2.11 bits per heavy atom. The fraction of sp³-hybridized carbons (Fsp3) is 0.933. The second-order valence-electron chi connectivity index (χ2n) is 6.30. The molecule has 1 aliphatic carbocycles. The van der Waals surface area contributed by atoms with Gasteiger partial charge in [-0.05, 0) is 46.0 Å². The van der Waals surface area contributed by atoms with Gasteiger partial charge in [0.05, 0.1) is 5.54 Å². The summed E-state index contributed by atoms with van der Waals surface area (Å²) in [6.07, 6.45) is 6.93. The van der Waals surface area contributed by atoms with E-state index in [1.165, 1.54) is 25.7 Å². The van der Waals surface area contributed by atoms with Crippen molar-refractivity contribution in [3.63, 3.8) is 0 Å². The van der Waals surface area contributed by atoms with Crippen LogP contribution in [0.3, 0.4) is 0 Å². The van der Waals surface area contributed by atoms with Crippen LogP contribution in [0, 0.1) is 5.92 Å². The number of ether oxygens (including phenoxy) is 1. The van der Waals surface area contributed by atoms with Crippen LogP contribution in [0.4, 0.5) is 0 Å². The van der Waals surface area contributed by atoms with E-state index in [4.69, 9.17) is 10.5 Å². The molecule has 1 saturated carbocycles. The maximum Gasteiger partial charge on any atom is 0.237 e. The van der Waals surface area contributed by atoms with Crippen molar-refractivity contribution in [3.8, 4) is 0 Å². The lowest BCUT2D eigenvalue weighted by atomic mass is 9.83. The molecule has 0 aliphatic heterocycles. The van der Waals surface area contributed by atoms with Crippen LogP contribution in [0.2, 0.25) is 0 Å². The predicted octanol–water partition coefficient (Wildman–Crippen LogP) is 2.22. The SMILES string of the molecule is CC(C)NC(C)(CCCOCCC1CCC1)C(N)=O. The van der Waals surface area contributed by atoms with E-state index >= 15 is 0 Å². The van der Waals surface area contributed by atoms with E-state index in [-0.39, 0.29) is 11.9 Å². The largest absolute Gasteiger partial charge is 0.381 e. The van der Waals surface area contributed by atoms with Gasteiger partial charge in [-0.3, -0.25) is 4.79 Å². The number of nitrogens with one attached hydrogen (secondary N) is 1. The Labute approximate surface area is 117 Å². The van der Waals surface area contributed by atoms with E-state index in [0.29, 0.717) is 0 Å². The number of hydrogen-bond donors (Lipinski definition) is 2. The molecule has 112 valence electrons. The minimum absolute atomic E-state index is 0.247. The van der Waals surface area contributed by atoms with Gasteiger partial charge < -0.3 is 15.8 Å². The molecule has 1 atom stereocenters. The van der Waals surface area contributed by atoms with E-state index in [1.807, 2.05) is 20.8 Å². The summed E-state index contributed by atoms with van der Waals surface area (Å²) in [4.78, 5) is 11.5.